The van der Waals surface area contributed by atoms with Crippen LogP contribution in [0, 0.1) is 17.7 Å². The molecule has 1 aromatic rings. The molecule has 1 fully saturated rings. The molecule has 0 aliphatic carbocycles. The first-order chi connectivity index (χ1) is 12.0. The highest BCUT2D eigenvalue weighted by molar-refractivity contribution is 7.92. The van der Waals surface area contributed by atoms with E-state index < -0.39 is 45.0 Å². The molecule has 2 atom stereocenters. The van der Waals surface area contributed by atoms with E-state index in [1.807, 2.05) is 0 Å². The van der Waals surface area contributed by atoms with Gasteiger partial charge in [-0.2, -0.15) is 0 Å². The smallest absolute Gasteiger partial charge is 0.414 e. The Bertz CT molecular complexity index is 917. The molecular formula is C17H18FNO6S. The van der Waals surface area contributed by atoms with Crippen LogP contribution in [0.5, 0.6) is 0 Å². The van der Waals surface area contributed by atoms with E-state index >= 15 is 0 Å². The van der Waals surface area contributed by atoms with Gasteiger partial charge < -0.3 is 9.84 Å². The van der Waals surface area contributed by atoms with Crippen LogP contribution in [0.2, 0.25) is 0 Å². The molecule has 1 saturated heterocycles. The molecule has 1 aromatic carbocycles. The molecule has 1 unspecified atom stereocenters. The molecule has 0 spiro atoms. The number of carbonyl (C=O) groups is 2. The second kappa shape index (κ2) is 6.96. The molecule has 26 heavy (non-hydrogen) atoms. The number of aliphatic carboxylic acids is 1. The Morgan fingerprint density at radius 2 is 2.15 bits per heavy atom. The topological polar surface area (TPSA) is 101 Å². The largest absolute Gasteiger partial charge is 0.480 e. The maximum absolute atomic E-state index is 14.3. The summed E-state index contributed by atoms with van der Waals surface area (Å²) in [5.41, 5.74) is 0.393. The summed E-state index contributed by atoms with van der Waals surface area (Å²) in [5.74, 6) is 3.09. The lowest BCUT2D eigenvalue weighted by Gasteiger charge is -2.24. The monoisotopic (exact) mass is 383 g/mol. The van der Waals surface area contributed by atoms with Crippen molar-refractivity contribution in [3.05, 3.63) is 29.6 Å². The number of rotatable bonds is 5. The highest BCUT2D eigenvalue weighted by atomic mass is 32.2. The van der Waals surface area contributed by atoms with Crippen molar-refractivity contribution in [2.75, 3.05) is 17.7 Å². The average molecular weight is 383 g/mol. The minimum absolute atomic E-state index is 0.0458. The molecule has 0 saturated carbocycles. The van der Waals surface area contributed by atoms with Gasteiger partial charge in [-0.05, 0) is 32.0 Å². The van der Waals surface area contributed by atoms with Crippen molar-refractivity contribution >= 4 is 27.6 Å². The number of carbonyl (C=O) groups excluding carboxylic acids is 1. The summed E-state index contributed by atoms with van der Waals surface area (Å²) >= 11 is 0. The van der Waals surface area contributed by atoms with Gasteiger partial charge in [-0.3, -0.25) is 9.69 Å². The van der Waals surface area contributed by atoms with Crippen molar-refractivity contribution in [3.8, 4) is 11.8 Å². The van der Waals surface area contributed by atoms with E-state index in [-0.39, 0.29) is 12.2 Å². The number of ether oxygens (including phenoxy) is 1. The van der Waals surface area contributed by atoms with E-state index in [0.29, 0.717) is 5.56 Å². The average Bonchev–Trinajstić information content (AvgIpc) is 2.86. The van der Waals surface area contributed by atoms with Crippen molar-refractivity contribution in [2.45, 2.75) is 31.1 Å². The highest BCUT2D eigenvalue weighted by Crippen LogP contribution is 2.31. The zero-order valence-corrected chi connectivity index (χ0v) is 15.3. The fourth-order valence-corrected chi connectivity index (χ4v) is 3.41. The molecule has 0 aromatic heterocycles. The fourth-order valence-electron chi connectivity index (χ4n) is 2.60. The van der Waals surface area contributed by atoms with Crippen molar-refractivity contribution in [3.63, 3.8) is 0 Å². The number of benzene rings is 1. The SMILES string of the molecule is CC#Cc1ccc(N2C[C@H](CC(C)(C(=O)O)S(C)(=O)=O)OC2=O)c(F)c1. The quantitative estimate of drug-likeness (QED) is 0.778. The Hall–Kier alpha value is -2.60. The summed E-state index contributed by atoms with van der Waals surface area (Å²) < 4.78 is 40.9. The van der Waals surface area contributed by atoms with Crippen LogP contribution in [-0.4, -0.2) is 49.2 Å². The van der Waals surface area contributed by atoms with Crippen LogP contribution in [0.4, 0.5) is 14.9 Å². The minimum atomic E-state index is -3.97. The van der Waals surface area contributed by atoms with Gasteiger partial charge in [0.05, 0.1) is 12.2 Å². The standard InChI is InChI=1S/C17H18FNO6S/c1-4-5-11-6-7-14(13(18)8-11)19-10-12(25-16(19)22)9-17(2,15(20)21)26(3,23)24/h6-8,12H,9-10H2,1-3H3,(H,20,21)/t12-,17?/m0/s1. The molecule has 1 heterocycles. The molecule has 1 aliphatic heterocycles. The van der Waals surface area contributed by atoms with E-state index in [4.69, 9.17) is 4.74 Å². The first-order valence-electron chi connectivity index (χ1n) is 7.63. The van der Waals surface area contributed by atoms with Crippen molar-refractivity contribution in [1.82, 2.24) is 0 Å². The van der Waals surface area contributed by atoms with Gasteiger partial charge in [0.2, 0.25) is 0 Å². The van der Waals surface area contributed by atoms with E-state index in [2.05, 4.69) is 11.8 Å². The van der Waals surface area contributed by atoms with Crippen LogP contribution in [-0.2, 0) is 19.4 Å². The zero-order valence-electron chi connectivity index (χ0n) is 14.4. The predicted molar refractivity (Wildman–Crippen MR) is 92.1 cm³/mol. The third-order valence-electron chi connectivity index (χ3n) is 4.27. The fraction of sp³-hybridized carbons (Fsp3) is 0.412. The molecule has 0 bridgehead atoms. The summed E-state index contributed by atoms with van der Waals surface area (Å²) in [6.45, 7) is 2.50. The first-order valence-corrected chi connectivity index (χ1v) is 9.52. The van der Waals surface area contributed by atoms with E-state index in [0.717, 1.165) is 18.1 Å². The third-order valence-corrected chi connectivity index (χ3v) is 6.25. The number of cyclic esters (lactones) is 1. The lowest BCUT2D eigenvalue weighted by molar-refractivity contribution is -0.140. The van der Waals surface area contributed by atoms with Gasteiger partial charge in [0, 0.05) is 18.2 Å². The van der Waals surface area contributed by atoms with Crippen molar-refractivity contribution < 1.29 is 32.2 Å². The molecule has 140 valence electrons. The lowest BCUT2D eigenvalue weighted by Crippen LogP contribution is -2.46. The zero-order chi connectivity index (χ0) is 19.7. The number of amides is 1. The summed E-state index contributed by atoms with van der Waals surface area (Å²) in [4.78, 5) is 24.5. The van der Waals surface area contributed by atoms with Crippen molar-refractivity contribution in [2.24, 2.45) is 0 Å². The van der Waals surface area contributed by atoms with E-state index in [1.165, 1.54) is 18.2 Å². The van der Waals surface area contributed by atoms with Crippen LogP contribution in [0.1, 0.15) is 25.8 Å². The second-order valence-electron chi connectivity index (χ2n) is 6.17. The van der Waals surface area contributed by atoms with Crippen LogP contribution in [0.3, 0.4) is 0 Å². The number of nitrogens with zero attached hydrogens (tertiary/aromatic N) is 1. The summed E-state index contributed by atoms with van der Waals surface area (Å²) in [5, 5.41) is 9.30. The number of anilines is 1. The number of carboxylic acids is 1. The second-order valence-corrected chi connectivity index (χ2v) is 8.62. The van der Waals surface area contributed by atoms with Crippen LogP contribution in [0.15, 0.2) is 18.2 Å². The summed E-state index contributed by atoms with van der Waals surface area (Å²) in [7, 11) is -3.97. The minimum Gasteiger partial charge on any atom is -0.480 e. The molecule has 2 rings (SSSR count). The van der Waals surface area contributed by atoms with Gasteiger partial charge in [0.1, 0.15) is 11.9 Å². The number of carboxylic acid groups (broad SMARTS) is 1. The molecule has 9 heteroatoms. The summed E-state index contributed by atoms with van der Waals surface area (Å²) in [6, 6.07) is 4.07. The molecule has 7 nitrogen and oxygen atoms in total. The Morgan fingerprint density at radius 3 is 2.65 bits per heavy atom. The lowest BCUT2D eigenvalue weighted by atomic mass is 10.0. The normalized spacial score (nSPS) is 19.3. The highest BCUT2D eigenvalue weighted by Gasteiger charge is 2.48. The number of hydrogen-bond donors (Lipinski definition) is 1. The van der Waals surface area contributed by atoms with Crippen LogP contribution < -0.4 is 4.90 Å². The Morgan fingerprint density at radius 1 is 1.50 bits per heavy atom. The van der Waals surface area contributed by atoms with E-state index in [9.17, 15) is 27.5 Å². The first kappa shape index (κ1) is 19.7. The molecule has 0 radical (unpaired) electrons. The van der Waals surface area contributed by atoms with Gasteiger partial charge in [-0.1, -0.05) is 5.92 Å². The van der Waals surface area contributed by atoms with Crippen molar-refractivity contribution in [1.29, 1.82) is 0 Å². The number of halogens is 1. The molecule has 1 N–H and O–H groups in total. The summed E-state index contributed by atoms with van der Waals surface area (Å²) in [6.07, 6.45) is -1.51. The molecular weight excluding hydrogens is 365 g/mol. The Balaban J connectivity index is 2.26. The Kier molecular flexibility index (Phi) is 5.28. The Labute approximate surface area is 150 Å². The maximum atomic E-state index is 14.3. The maximum Gasteiger partial charge on any atom is 0.414 e. The van der Waals surface area contributed by atoms with Gasteiger partial charge in [0.15, 0.2) is 14.6 Å². The van der Waals surface area contributed by atoms with Gasteiger partial charge >= 0.3 is 12.1 Å². The molecule has 1 aliphatic rings. The predicted octanol–water partition coefficient (Wildman–Crippen LogP) is 1.80. The van der Waals surface area contributed by atoms with Crippen LogP contribution >= 0.6 is 0 Å². The molecule has 1 amide bonds. The number of sulfone groups is 1. The number of hydrogen-bond acceptors (Lipinski definition) is 5. The van der Waals surface area contributed by atoms with Gasteiger partial charge in [0.25, 0.3) is 0 Å². The van der Waals surface area contributed by atoms with Crippen LogP contribution in [0.25, 0.3) is 0 Å². The van der Waals surface area contributed by atoms with Gasteiger partial charge in [-0.25, -0.2) is 17.6 Å². The van der Waals surface area contributed by atoms with E-state index in [1.54, 1.807) is 6.92 Å². The third kappa shape index (κ3) is 3.65. The van der Waals surface area contributed by atoms with Gasteiger partial charge in [-0.15, -0.1) is 5.92 Å².